The Labute approximate surface area is 152 Å². The third-order valence-corrected chi connectivity index (χ3v) is 4.57. The Morgan fingerprint density at radius 3 is 2.38 bits per heavy atom. The summed E-state index contributed by atoms with van der Waals surface area (Å²) >= 11 is 0. The van der Waals surface area contributed by atoms with E-state index in [4.69, 9.17) is 0 Å². The number of carbonyl (C=O) groups excluding carboxylic acids is 2. The summed E-state index contributed by atoms with van der Waals surface area (Å²) in [6.07, 6.45) is 5.51. The number of amides is 1. The smallest absolute Gasteiger partial charge is 0.251 e. The van der Waals surface area contributed by atoms with Crippen molar-refractivity contribution in [1.82, 2.24) is 5.32 Å². The molecule has 128 valence electrons. The van der Waals surface area contributed by atoms with Gasteiger partial charge in [-0.25, -0.2) is 0 Å². The fraction of sp³-hybridized carbons (Fsp3) is 0.130. The molecule has 3 aromatic carbocycles. The van der Waals surface area contributed by atoms with Crippen LogP contribution in [0.3, 0.4) is 0 Å². The number of hydrogen-bond donors (Lipinski definition) is 1. The average molecular weight is 341 g/mol. The normalized spacial score (nSPS) is 13.8. The molecule has 3 nitrogen and oxygen atoms in total. The third kappa shape index (κ3) is 3.57. The Morgan fingerprint density at radius 2 is 1.62 bits per heavy atom. The lowest BCUT2D eigenvalue weighted by Crippen LogP contribution is -2.25. The van der Waals surface area contributed by atoms with Crippen molar-refractivity contribution in [3.63, 3.8) is 0 Å². The van der Waals surface area contributed by atoms with Crippen LogP contribution in [0.5, 0.6) is 0 Å². The second kappa shape index (κ2) is 6.96. The minimum absolute atomic E-state index is 0.0302. The Bertz CT molecular complexity index is 993. The van der Waals surface area contributed by atoms with Crippen LogP contribution in [0, 0.1) is 0 Å². The van der Waals surface area contributed by atoms with Crippen LogP contribution in [0.2, 0.25) is 0 Å². The van der Waals surface area contributed by atoms with Gasteiger partial charge in [-0.2, -0.15) is 0 Å². The SMILES string of the molecule is O=C(NC1CC1)c1ccc(/C=C/C(=O)c2cccc3ccccc23)cc1. The van der Waals surface area contributed by atoms with E-state index in [1.165, 1.54) is 0 Å². The maximum Gasteiger partial charge on any atom is 0.251 e. The minimum Gasteiger partial charge on any atom is -0.349 e. The van der Waals surface area contributed by atoms with Crippen LogP contribution in [-0.4, -0.2) is 17.7 Å². The van der Waals surface area contributed by atoms with E-state index < -0.39 is 0 Å². The first-order valence-corrected chi connectivity index (χ1v) is 8.82. The molecule has 0 aliphatic heterocycles. The highest BCUT2D eigenvalue weighted by molar-refractivity contribution is 6.14. The molecule has 26 heavy (non-hydrogen) atoms. The summed E-state index contributed by atoms with van der Waals surface area (Å²) in [7, 11) is 0. The molecule has 0 aromatic heterocycles. The lowest BCUT2D eigenvalue weighted by molar-refractivity contribution is 0.0950. The van der Waals surface area contributed by atoms with Crippen LogP contribution in [0.15, 0.2) is 72.8 Å². The monoisotopic (exact) mass is 341 g/mol. The standard InChI is InChI=1S/C23H19NO2/c25-22(21-7-3-5-17-4-1-2-6-20(17)21)15-10-16-8-11-18(12-9-16)23(26)24-19-13-14-19/h1-12,15,19H,13-14H2,(H,24,26)/b15-10+. The van der Waals surface area contributed by atoms with Crippen molar-refractivity contribution in [3.05, 3.63) is 89.5 Å². The number of benzene rings is 3. The van der Waals surface area contributed by atoms with Crippen molar-refractivity contribution < 1.29 is 9.59 Å². The van der Waals surface area contributed by atoms with Gasteiger partial charge in [0.05, 0.1) is 0 Å². The minimum atomic E-state index is -0.0325. The van der Waals surface area contributed by atoms with Crippen LogP contribution in [0.25, 0.3) is 16.8 Å². The highest BCUT2D eigenvalue weighted by Gasteiger charge is 2.23. The molecule has 1 fully saturated rings. The molecule has 1 aliphatic carbocycles. The van der Waals surface area contributed by atoms with Gasteiger partial charge in [0.2, 0.25) is 0 Å². The van der Waals surface area contributed by atoms with Crippen molar-refractivity contribution in [2.45, 2.75) is 18.9 Å². The van der Waals surface area contributed by atoms with E-state index in [0.29, 0.717) is 17.2 Å². The molecule has 1 N–H and O–H groups in total. The average Bonchev–Trinajstić information content (AvgIpc) is 3.50. The molecule has 0 saturated heterocycles. The maximum absolute atomic E-state index is 12.6. The Balaban J connectivity index is 1.50. The van der Waals surface area contributed by atoms with Gasteiger partial charge in [0.1, 0.15) is 0 Å². The number of ketones is 1. The molecule has 0 bridgehead atoms. The molecule has 1 aliphatic rings. The molecule has 0 atom stereocenters. The first-order valence-electron chi connectivity index (χ1n) is 8.82. The van der Waals surface area contributed by atoms with E-state index in [1.807, 2.05) is 54.6 Å². The molecule has 3 heteroatoms. The van der Waals surface area contributed by atoms with E-state index in [2.05, 4.69) is 5.32 Å². The zero-order valence-corrected chi connectivity index (χ0v) is 14.3. The van der Waals surface area contributed by atoms with Gasteiger partial charge in [-0.3, -0.25) is 9.59 Å². The fourth-order valence-corrected chi connectivity index (χ4v) is 2.94. The molecule has 1 amide bonds. The van der Waals surface area contributed by atoms with Gasteiger partial charge in [-0.05, 0) is 47.4 Å². The summed E-state index contributed by atoms with van der Waals surface area (Å²) in [6, 6.07) is 21.3. The number of fused-ring (bicyclic) bond motifs is 1. The summed E-state index contributed by atoms with van der Waals surface area (Å²) in [5, 5.41) is 4.98. The van der Waals surface area contributed by atoms with Crippen LogP contribution < -0.4 is 5.32 Å². The maximum atomic E-state index is 12.6. The number of nitrogens with one attached hydrogen (secondary N) is 1. The number of rotatable bonds is 5. The summed E-state index contributed by atoms with van der Waals surface area (Å²) < 4.78 is 0. The van der Waals surface area contributed by atoms with E-state index in [1.54, 1.807) is 24.3 Å². The molecule has 1 saturated carbocycles. The van der Waals surface area contributed by atoms with Gasteiger partial charge in [0.25, 0.3) is 5.91 Å². The van der Waals surface area contributed by atoms with E-state index in [-0.39, 0.29) is 11.7 Å². The van der Waals surface area contributed by atoms with Gasteiger partial charge in [-0.15, -0.1) is 0 Å². The number of carbonyl (C=O) groups is 2. The highest BCUT2D eigenvalue weighted by atomic mass is 16.1. The van der Waals surface area contributed by atoms with Gasteiger partial charge in [0, 0.05) is 17.2 Å². The van der Waals surface area contributed by atoms with Crippen LogP contribution in [0.4, 0.5) is 0 Å². The van der Waals surface area contributed by atoms with Gasteiger partial charge in [0.15, 0.2) is 5.78 Å². The molecular formula is C23H19NO2. The quantitative estimate of drug-likeness (QED) is 0.543. The molecule has 0 unspecified atom stereocenters. The summed E-state index contributed by atoms with van der Waals surface area (Å²) in [4.78, 5) is 24.6. The highest BCUT2D eigenvalue weighted by Crippen LogP contribution is 2.20. The second-order valence-corrected chi connectivity index (χ2v) is 6.59. The van der Waals surface area contributed by atoms with Crippen LogP contribution >= 0.6 is 0 Å². The molecule has 0 heterocycles. The van der Waals surface area contributed by atoms with Crippen molar-refractivity contribution >= 4 is 28.5 Å². The lowest BCUT2D eigenvalue weighted by atomic mass is 10.0. The molecule has 0 spiro atoms. The summed E-state index contributed by atoms with van der Waals surface area (Å²) in [6.45, 7) is 0. The first-order chi connectivity index (χ1) is 12.7. The largest absolute Gasteiger partial charge is 0.349 e. The Morgan fingerprint density at radius 1 is 0.885 bits per heavy atom. The third-order valence-electron chi connectivity index (χ3n) is 4.57. The van der Waals surface area contributed by atoms with Crippen LogP contribution in [0.1, 0.15) is 39.1 Å². The van der Waals surface area contributed by atoms with Crippen molar-refractivity contribution in [2.24, 2.45) is 0 Å². The predicted molar refractivity (Wildman–Crippen MR) is 104 cm³/mol. The van der Waals surface area contributed by atoms with Gasteiger partial charge < -0.3 is 5.32 Å². The number of hydrogen-bond acceptors (Lipinski definition) is 2. The zero-order chi connectivity index (χ0) is 17.9. The molecule has 4 rings (SSSR count). The molecule has 0 radical (unpaired) electrons. The van der Waals surface area contributed by atoms with Gasteiger partial charge in [-0.1, -0.05) is 60.7 Å². The van der Waals surface area contributed by atoms with Crippen LogP contribution in [-0.2, 0) is 0 Å². The van der Waals surface area contributed by atoms with Crippen molar-refractivity contribution in [3.8, 4) is 0 Å². The molecular weight excluding hydrogens is 322 g/mol. The number of allylic oxidation sites excluding steroid dienone is 1. The van der Waals surface area contributed by atoms with Crippen molar-refractivity contribution in [2.75, 3.05) is 0 Å². The Hall–Kier alpha value is -3.20. The fourth-order valence-electron chi connectivity index (χ4n) is 2.94. The molecule has 3 aromatic rings. The second-order valence-electron chi connectivity index (χ2n) is 6.59. The summed E-state index contributed by atoms with van der Waals surface area (Å²) in [5.74, 6) is -0.0628. The van der Waals surface area contributed by atoms with Gasteiger partial charge >= 0.3 is 0 Å². The Kier molecular flexibility index (Phi) is 4.36. The first kappa shape index (κ1) is 16.3. The zero-order valence-electron chi connectivity index (χ0n) is 14.3. The lowest BCUT2D eigenvalue weighted by Gasteiger charge is -2.04. The summed E-state index contributed by atoms with van der Waals surface area (Å²) in [5.41, 5.74) is 2.23. The predicted octanol–water partition coefficient (Wildman–Crippen LogP) is 4.63. The van der Waals surface area contributed by atoms with E-state index >= 15 is 0 Å². The topological polar surface area (TPSA) is 46.2 Å². The van der Waals surface area contributed by atoms with E-state index in [0.717, 1.165) is 29.2 Å². The van der Waals surface area contributed by atoms with E-state index in [9.17, 15) is 9.59 Å². The van der Waals surface area contributed by atoms with Crippen molar-refractivity contribution in [1.29, 1.82) is 0 Å².